The second kappa shape index (κ2) is 6.09. The Balaban J connectivity index is 2.07. The molecule has 0 bridgehead atoms. The Morgan fingerprint density at radius 2 is 2.05 bits per heavy atom. The average Bonchev–Trinajstić information content (AvgIpc) is 2.40. The summed E-state index contributed by atoms with van der Waals surface area (Å²) in [6.45, 7) is 1.77. The zero-order chi connectivity index (χ0) is 13.9. The van der Waals surface area contributed by atoms with E-state index in [4.69, 9.17) is 22.1 Å². The van der Waals surface area contributed by atoms with Gasteiger partial charge >= 0.3 is 0 Å². The average molecular weight is 305 g/mol. The number of anilines is 1. The minimum atomic E-state index is -3.61. The van der Waals surface area contributed by atoms with E-state index in [1.807, 2.05) is 0 Å². The molecule has 1 aliphatic heterocycles. The van der Waals surface area contributed by atoms with Crippen LogP contribution in [0.1, 0.15) is 12.8 Å². The Morgan fingerprint density at radius 3 is 2.74 bits per heavy atom. The van der Waals surface area contributed by atoms with E-state index < -0.39 is 10.0 Å². The molecular formula is C12H17ClN2O3S. The first-order valence-corrected chi connectivity index (χ1v) is 7.97. The molecule has 1 fully saturated rings. The van der Waals surface area contributed by atoms with E-state index in [1.54, 1.807) is 6.07 Å². The standard InChI is InChI=1S/C12H17ClN2O3S/c13-10-1-2-11(14)12(7-10)19(16,17)15-8-9-3-5-18-6-4-9/h1-2,7,9,15H,3-6,8,14H2. The van der Waals surface area contributed by atoms with Crippen molar-refractivity contribution in [2.75, 3.05) is 25.5 Å². The molecule has 1 saturated heterocycles. The van der Waals surface area contributed by atoms with Gasteiger partial charge in [0.2, 0.25) is 10.0 Å². The first-order chi connectivity index (χ1) is 8.99. The van der Waals surface area contributed by atoms with Crippen LogP contribution < -0.4 is 10.5 Å². The van der Waals surface area contributed by atoms with Gasteiger partial charge in [0.25, 0.3) is 0 Å². The fourth-order valence-electron chi connectivity index (χ4n) is 2.00. The summed E-state index contributed by atoms with van der Waals surface area (Å²) >= 11 is 5.81. The molecule has 5 nitrogen and oxygen atoms in total. The van der Waals surface area contributed by atoms with Gasteiger partial charge in [-0.3, -0.25) is 0 Å². The minimum absolute atomic E-state index is 0.0343. The van der Waals surface area contributed by atoms with Crippen molar-refractivity contribution >= 4 is 27.3 Å². The van der Waals surface area contributed by atoms with Gasteiger partial charge in [-0.2, -0.15) is 0 Å². The summed E-state index contributed by atoms with van der Waals surface area (Å²) in [5, 5.41) is 0.348. The molecule has 0 aromatic heterocycles. The van der Waals surface area contributed by atoms with Crippen LogP contribution >= 0.6 is 11.6 Å². The highest BCUT2D eigenvalue weighted by atomic mass is 35.5. The summed E-state index contributed by atoms with van der Waals surface area (Å²) in [6, 6.07) is 4.42. The van der Waals surface area contributed by atoms with Crippen LogP contribution in [0.5, 0.6) is 0 Å². The van der Waals surface area contributed by atoms with Gasteiger partial charge in [0.05, 0.1) is 5.69 Å². The predicted octanol–water partition coefficient (Wildman–Crippen LogP) is 1.63. The van der Waals surface area contributed by atoms with Crippen LogP contribution in [0.4, 0.5) is 5.69 Å². The number of nitrogens with two attached hydrogens (primary N) is 1. The van der Waals surface area contributed by atoms with Crippen LogP contribution in [0, 0.1) is 5.92 Å². The number of nitrogens with one attached hydrogen (secondary N) is 1. The van der Waals surface area contributed by atoms with E-state index in [0.29, 0.717) is 30.7 Å². The van der Waals surface area contributed by atoms with Gasteiger partial charge in [0.1, 0.15) is 4.90 Å². The smallest absolute Gasteiger partial charge is 0.242 e. The molecule has 0 radical (unpaired) electrons. The Hall–Kier alpha value is -0.820. The van der Waals surface area contributed by atoms with Crippen molar-refractivity contribution in [1.29, 1.82) is 0 Å². The molecule has 19 heavy (non-hydrogen) atoms. The fraction of sp³-hybridized carbons (Fsp3) is 0.500. The third kappa shape index (κ3) is 3.82. The minimum Gasteiger partial charge on any atom is -0.398 e. The molecular weight excluding hydrogens is 288 g/mol. The molecule has 0 spiro atoms. The number of halogens is 1. The second-order valence-electron chi connectivity index (χ2n) is 4.59. The van der Waals surface area contributed by atoms with E-state index in [1.165, 1.54) is 12.1 Å². The summed E-state index contributed by atoms with van der Waals surface area (Å²) in [6.07, 6.45) is 1.74. The van der Waals surface area contributed by atoms with Gasteiger partial charge in [0, 0.05) is 24.8 Å². The Kier molecular flexibility index (Phi) is 4.67. The number of hydrogen-bond acceptors (Lipinski definition) is 4. The van der Waals surface area contributed by atoms with Crippen LogP contribution in [0.3, 0.4) is 0 Å². The highest BCUT2D eigenvalue weighted by molar-refractivity contribution is 7.89. The molecule has 0 saturated carbocycles. The van der Waals surface area contributed by atoms with Crippen molar-refractivity contribution < 1.29 is 13.2 Å². The van der Waals surface area contributed by atoms with Crippen LogP contribution in [-0.2, 0) is 14.8 Å². The normalized spacial score (nSPS) is 17.5. The SMILES string of the molecule is Nc1ccc(Cl)cc1S(=O)(=O)NCC1CCOCC1. The molecule has 1 heterocycles. The Bertz CT molecular complexity index is 542. The van der Waals surface area contributed by atoms with E-state index >= 15 is 0 Å². The third-order valence-corrected chi connectivity index (χ3v) is 4.88. The summed E-state index contributed by atoms with van der Waals surface area (Å²) in [5.41, 5.74) is 5.88. The monoisotopic (exact) mass is 304 g/mol. The number of ether oxygens (including phenoxy) is 1. The molecule has 3 N–H and O–H groups in total. The van der Waals surface area contributed by atoms with Crippen molar-refractivity contribution in [1.82, 2.24) is 4.72 Å². The number of rotatable bonds is 4. The summed E-state index contributed by atoms with van der Waals surface area (Å²) in [4.78, 5) is 0.0343. The van der Waals surface area contributed by atoms with Crippen molar-refractivity contribution in [3.8, 4) is 0 Å². The maximum atomic E-state index is 12.2. The van der Waals surface area contributed by atoms with Gasteiger partial charge in [-0.1, -0.05) is 11.6 Å². The Labute approximate surface area is 118 Å². The molecule has 2 rings (SSSR count). The number of benzene rings is 1. The zero-order valence-electron chi connectivity index (χ0n) is 10.4. The van der Waals surface area contributed by atoms with Gasteiger partial charge in [-0.05, 0) is 37.0 Å². The third-order valence-electron chi connectivity index (χ3n) is 3.17. The number of hydrogen-bond donors (Lipinski definition) is 2. The largest absolute Gasteiger partial charge is 0.398 e. The quantitative estimate of drug-likeness (QED) is 0.828. The predicted molar refractivity (Wildman–Crippen MR) is 74.6 cm³/mol. The van der Waals surface area contributed by atoms with Gasteiger partial charge in [-0.15, -0.1) is 0 Å². The maximum Gasteiger partial charge on any atom is 0.242 e. The van der Waals surface area contributed by atoms with Gasteiger partial charge < -0.3 is 10.5 Å². The van der Waals surface area contributed by atoms with E-state index in [2.05, 4.69) is 4.72 Å². The van der Waals surface area contributed by atoms with Gasteiger partial charge in [-0.25, -0.2) is 13.1 Å². The summed E-state index contributed by atoms with van der Waals surface area (Å²) in [7, 11) is -3.61. The summed E-state index contributed by atoms with van der Waals surface area (Å²) in [5.74, 6) is 0.309. The number of sulfonamides is 1. The topological polar surface area (TPSA) is 81.4 Å². The molecule has 1 aromatic carbocycles. The lowest BCUT2D eigenvalue weighted by atomic mass is 10.0. The molecule has 1 aromatic rings. The fourth-order valence-corrected chi connectivity index (χ4v) is 3.50. The van der Waals surface area contributed by atoms with E-state index in [0.717, 1.165) is 12.8 Å². The van der Waals surface area contributed by atoms with Crippen LogP contribution in [0.2, 0.25) is 5.02 Å². The summed E-state index contributed by atoms with van der Waals surface area (Å²) < 4.78 is 32.2. The molecule has 7 heteroatoms. The molecule has 0 atom stereocenters. The molecule has 0 unspecified atom stereocenters. The van der Waals surface area contributed by atoms with Crippen LogP contribution in [-0.4, -0.2) is 28.2 Å². The Morgan fingerprint density at radius 1 is 1.37 bits per heavy atom. The first kappa shape index (κ1) is 14.6. The van der Waals surface area contributed by atoms with E-state index in [-0.39, 0.29) is 10.6 Å². The lowest BCUT2D eigenvalue weighted by Gasteiger charge is -2.22. The lowest BCUT2D eigenvalue weighted by Crippen LogP contribution is -2.32. The molecule has 106 valence electrons. The lowest BCUT2D eigenvalue weighted by molar-refractivity contribution is 0.0678. The van der Waals surface area contributed by atoms with Crippen LogP contribution in [0.15, 0.2) is 23.1 Å². The van der Waals surface area contributed by atoms with Crippen molar-refractivity contribution in [3.05, 3.63) is 23.2 Å². The highest BCUT2D eigenvalue weighted by Gasteiger charge is 2.21. The molecule has 0 aliphatic carbocycles. The molecule has 1 aliphatic rings. The second-order valence-corrected chi connectivity index (χ2v) is 6.76. The van der Waals surface area contributed by atoms with Crippen molar-refractivity contribution in [2.45, 2.75) is 17.7 Å². The highest BCUT2D eigenvalue weighted by Crippen LogP contribution is 2.23. The maximum absolute atomic E-state index is 12.2. The van der Waals surface area contributed by atoms with Crippen molar-refractivity contribution in [2.24, 2.45) is 5.92 Å². The van der Waals surface area contributed by atoms with Crippen LogP contribution in [0.25, 0.3) is 0 Å². The van der Waals surface area contributed by atoms with E-state index in [9.17, 15) is 8.42 Å². The number of nitrogen functional groups attached to an aromatic ring is 1. The first-order valence-electron chi connectivity index (χ1n) is 6.11. The molecule has 0 amide bonds. The zero-order valence-corrected chi connectivity index (χ0v) is 12.0. The van der Waals surface area contributed by atoms with Crippen molar-refractivity contribution in [3.63, 3.8) is 0 Å². The van der Waals surface area contributed by atoms with Gasteiger partial charge in [0.15, 0.2) is 0 Å².